The van der Waals surface area contributed by atoms with Crippen molar-refractivity contribution in [2.75, 3.05) is 0 Å². The van der Waals surface area contributed by atoms with E-state index in [1.54, 1.807) is 6.92 Å². The molecule has 0 aromatic heterocycles. The lowest BCUT2D eigenvalue weighted by atomic mass is 10.1. The first kappa shape index (κ1) is 11.7. The second-order valence-corrected chi connectivity index (χ2v) is 3.86. The Kier molecular flexibility index (Phi) is 3.86. The zero-order valence-electron chi connectivity index (χ0n) is 9.32. The standard InChI is InChI=1S/C12H17NO2/c1-8-4-6-11(7-5-8)9(2)13-10(3)12(14)15/h4-7,9-10,13H,1-3H3,(H,14,15). The van der Waals surface area contributed by atoms with Gasteiger partial charge in [0.15, 0.2) is 0 Å². The molecular weight excluding hydrogens is 190 g/mol. The lowest BCUT2D eigenvalue weighted by Gasteiger charge is -2.17. The summed E-state index contributed by atoms with van der Waals surface area (Å²) in [6.45, 7) is 5.64. The monoisotopic (exact) mass is 207 g/mol. The van der Waals surface area contributed by atoms with Crippen molar-refractivity contribution in [1.82, 2.24) is 5.32 Å². The molecule has 0 bridgehead atoms. The number of hydrogen-bond donors (Lipinski definition) is 2. The van der Waals surface area contributed by atoms with Gasteiger partial charge in [0.05, 0.1) is 0 Å². The van der Waals surface area contributed by atoms with E-state index in [2.05, 4.69) is 5.32 Å². The van der Waals surface area contributed by atoms with Crippen molar-refractivity contribution in [3.05, 3.63) is 35.4 Å². The number of hydrogen-bond acceptors (Lipinski definition) is 2. The van der Waals surface area contributed by atoms with Gasteiger partial charge in [-0.2, -0.15) is 0 Å². The lowest BCUT2D eigenvalue weighted by Crippen LogP contribution is -2.35. The third-order valence-electron chi connectivity index (χ3n) is 2.45. The molecular formula is C12H17NO2. The number of nitrogens with one attached hydrogen (secondary N) is 1. The number of aliphatic carboxylic acids is 1. The summed E-state index contributed by atoms with van der Waals surface area (Å²) in [7, 11) is 0. The van der Waals surface area contributed by atoms with Gasteiger partial charge in [-0.05, 0) is 26.3 Å². The SMILES string of the molecule is Cc1ccc(C(C)NC(C)C(=O)O)cc1. The minimum Gasteiger partial charge on any atom is -0.480 e. The van der Waals surface area contributed by atoms with E-state index in [0.717, 1.165) is 5.56 Å². The van der Waals surface area contributed by atoms with Crippen LogP contribution >= 0.6 is 0 Å². The van der Waals surface area contributed by atoms with Gasteiger partial charge < -0.3 is 5.11 Å². The average molecular weight is 207 g/mol. The summed E-state index contributed by atoms with van der Waals surface area (Å²) in [6.07, 6.45) is 0. The fraction of sp³-hybridized carbons (Fsp3) is 0.417. The maximum Gasteiger partial charge on any atom is 0.320 e. The number of carboxylic acids is 1. The highest BCUT2D eigenvalue weighted by molar-refractivity contribution is 5.72. The Labute approximate surface area is 90.1 Å². The van der Waals surface area contributed by atoms with Crippen LogP contribution in [0, 0.1) is 6.92 Å². The third kappa shape index (κ3) is 3.36. The van der Waals surface area contributed by atoms with E-state index in [0.29, 0.717) is 0 Å². The predicted molar refractivity (Wildman–Crippen MR) is 59.8 cm³/mol. The fourth-order valence-electron chi connectivity index (χ4n) is 1.40. The summed E-state index contributed by atoms with van der Waals surface area (Å²) < 4.78 is 0. The van der Waals surface area contributed by atoms with E-state index in [9.17, 15) is 4.79 Å². The van der Waals surface area contributed by atoms with E-state index in [1.807, 2.05) is 38.1 Å². The lowest BCUT2D eigenvalue weighted by molar-refractivity contribution is -0.139. The molecule has 3 nitrogen and oxygen atoms in total. The highest BCUT2D eigenvalue weighted by atomic mass is 16.4. The molecule has 0 spiro atoms. The zero-order valence-corrected chi connectivity index (χ0v) is 9.32. The van der Waals surface area contributed by atoms with Gasteiger partial charge in [0, 0.05) is 6.04 Å². The number of aryl methyl sites for hydroxylation is 1. The molecule has 0 heterocycles. The van der Waals surface area contributed by atoms with E-state index >= 15 is 0 Å². The minimum absolute atomic E-state index is 0.0525. The van der Waals surface area contributed by atoms with E-state index < -0.39 is 12.0 Å². The fourth-order valence-corrected chi connectivity index (χ4v) is 1.40. The average Bonchev–Trinajstić information content (AvgIpc) is 2.18. The van der Waals surface area contributed by atoms with Crippen LogP contribution in [-0.4, -0.2) is 17.1 Å². The first-order valence-corrected chi connectivity index (χ1v) is 5.06. The van der Waals surface area contributed by atoms with Gasteiger partial charge in [-0.25, -0.2) is 0 Å². The Morgan fingerprint density at radius 2 is 1.80 bits per heavy atom. The molecule has 0 saturated carbocycles. The molecule has 0 aliphatic carbocycles. The molecule has 0 aliphatic heterocycles. The van der Waals surface area contributed by atoms with Crippen LogP contribution in [0.5, 0.6) is 0 Å². The summed E-state index contributed by atoms with van der Waals surface area (Å²) >= 11 is 0. The van der Waals surface area contributed by atoms with Crippen LogP contribution < -0.4 is 5.32 Å². The van der Waals surface area contributed by atoms with E-state index in [1.165, 1.54) is 5.56 Å². The first-order valence-electron chi connectivity index (χ1n) is 5.06. The molecule has 1 aromatic carbocycles. The molecule has 3 heteroatoms. The van der Waals surface area contributed by atoms with Crippen molar-refractivity contribution >= 4 is 5.97 Å². The number of benzene rings is 1. The maximum atomic E-state index is 10.7. The van der Waals surface area contributed by atoms with Crippen LogP contribution in [0.3, 0.4) is 0 Å². The van der Waals surface area contributed by atoms with Crippen LogP contribution in [0.4, 0.5) is 0 Å². The van der Waals surface area contributed by atoms with Gasteiger partial charge in [-0.3, -0.25) is 10.1 Å². The Morgan fingerprint density at radius 1 is 1.27 bits per heavy atom. The smallest absolute Gasteiger partial charge is 0.320 e. The molecule has 2 N–H and O–H groups in total. The molecule has 1 aromatic rings. The van der Waals surface area contributed by atoms with Gasteiger partial charge >= 0.3 is 5.97 Å². The van der Waals surface area contributed by atoms with Gasteiger partial charge in [0.2, 0.25) is 0 Å². The second-order valence-electron chi connectivity index (χ2n) is 3.86. The van der Waals surface area contributed by atoms with Crippen molar-refractivity contribution in [2.24, 2.45) is 0 Å². The van der Waals surface area contributed by atoms with Crippen LogP contribution in [-0.2, 0) is 4.79 Å². The molecule has 2 unspecified atom stereocenters. The highest BCUT2D eigenvalue weighted by Gasteiger charge is 2.14. The van der Waals surface area contributed by atoms with Crippen molar-refractivity contribution < 1.29 is 9.90 Å². The second kappa shape index (κ2) is 4.94. The highest BCUT2D eigenvalue weighted by Crippen LogP contribution is 2.13. The molecule has 0 amide bonds. The summed E-state index contributed by atoms with van der Waals surface area (Å²) in [5.41, 5.74) is 2.31. The molecule has 0 fully saturated rings. The normalized spacial score (nSPS) is 14.6. The maximum absolute atomic E-state index is 10.7. The van der Waals surface area contributed by atoms with Crippen molar-refractivity contribution in [3.63, 3.8) is 0 Å². The molecule has 0 saturated heterocycles. The first-order chi connectivity index (χ1) is 7.00. The van der Waals surface area contributed by atoms with Gasteiger partial charge in [-0.15, -0.1) is 0 Å². The van der Waals surface area contributed by atoms with Crippen molar-refractivity contribution in [3.8, 4) is 0 Å². The van der Waals surface area contributed by atoms with Gasteiger partial charge in [0.1, 0.15) is 6.04 Å². The molecule has 82 valence electrons. The Bertz CT molecular complexity index is 332. The summed E-state index contributed by atoms with van der Waals surface area (Å²) in [6, 6.07) is 7.61. The minimum atomic E-state index is -0.825. The number of carbonyl (C=O) groups is 1. The Hall–Kier alpha value is -1.35. The van der Waals surface area contributed by atoms with Crippen molar-refractivity contribution in [1.29, 1.82) is 0 Å². The largest absolute Gasteiger partial charge is 0.480 e. The summed E-state index contributed by atoms with van der Waals surface area (Å²) in [5.74, 6) is -0.825. The Morgan fingerprint density at radius 3 is 2.27 bits per heavy atom. The number of carboxylic acid groups (broad SMARTS) is 1. The summed E-state index contributed by atoms with van der Waals surface area (Å²) in [5, 5.41) is 11.8. The topological polar surface area (TPSA) is 49.3 Å². The van der Waals surface area contributed by atoms with Crippen molar-refractivity contribution in [2.45, 2.75) is 32.9 Å². The van der Waals surface area contributed by atoms with Crippen LogP contribution in [0.25, 0.3) is 0 Å². The quantitative estimate of drug-likeness (QED) is 0.795. The molecule has 0 radical (unpaired) electrons. The van der Waals surface area contributed by atoms with E-state index in [4.69, 9.17) is 5.11 Å². The third-order valence-corrected chi connectivity index (χ3v) is 2.45. The molecule has 0 aliphatic rings. The van der Waals surface area contributed by atoms with Gasteiger partial charge in [-0.1, -0.05) is 29.8 Å². The van der Waals surface area contributed by atoms with Gasteiger partial charge in [0.25, 0.3) is 0 Å². The Balaban J connectivity index is 2.64. The zero-order chi connectivity index (χ0) is 11.4. The molecule has 15 heavy (non-hydrogen) atoms. The summed E-state index contributed by atoms with van der Waals surface area (Å²) in [4.78, 5) is 10.7. The molecule has 1 rings (SSSR count). The van der Waals surface area contributed by atoms with Crippen LogP contribution in [0.15, 0.2) is 24.3 Å². The number of rotatable bonds is 4. The van der Waals surface area contributed by atoms with Crippen LogP contribution in [0.1, 0.15) is 31.0 Å². The van der Waals surface area contributed by atoms with E-state index in [-0.39, 0.29) is 6.04 Å². The van der Waals surface area contributed by atoms with Crippen LogP contribution in [0.2, 0.25) is 0 Å². The predicted octanol–water partition coefficient (Wildman–Crippen LogP) is 2.12. The molecule has 2 atom stereocenters.